The highest BCUT2D eigenvalue weighted by Gasteiger charge is 2.24. The van der Waals surface area contributed by atoms with E-state index in [9.17, 15) is 0 Å². The highest BCUT2D eigenvalue weighted by atomic mass is 15.1. The number of nitrogens with one attached hydrogen (secondary N) is 1. The third kappa shape index (κ3) is 5.43. The van der Waals surface area contributed by atoms with Gasteiger partial charge in [0.05, 0.1) is 0 Å². The molecule has 0 bridgehead atoms. The summed E-state index contributed by atoms with van der Waals surface area (Å²) in [7, 11) is 0. The van der Waals surface area contributed by atoms with Crippen molar-refractivity contribution in [3.8, 4) is 0 Å². The molecule has 0 aromatic rings. The molecule has 1 aliphatic carbocycles. The van der Waals surface area contributed by atoms with Crippen LogP contribution in [0, 0.1) is 11.3 Å². The van der Waals surface area contributed by atoms with Gasteiger partial charge in [-0.25, -0.2) is 0 Å². The van der Waals surface area contributed by atoms with E-state index in [1.807, 2.05) is 0 Å². The summed E-state index contributed by atoms with van der Waals surface area (Å²) < 4.78 is 0. The zero-order chi connectivity index (χ0) is 13.7. The van der Waals surface area contributed by atoms with Gasteiger partial charge in [0, 0.05) is 19.1 Å². The predicted molar refractivity (Wildman–Crippen MR) is 83.5 cm³/mol. The molecule has 2 nitrogen and oxygen atoms in total. The fourth-order valence-corrected chi connectivity index (χ4v) is 3.58. The van der Waals surface area contributed by atoms with Crippen molar-refractivity contribution in [2.45, 2.75) is 71.8 Å². The Hall–Kier alpha value is -0.0800. The first kappa shape index (κ1) is 15.3. The number of hydrogen-bond donors (Lipinski definition) is 1. The number of hydrogen-bond acceptors (Lipinski definition) is 2. The molecule has 1 saturated carbocycles. The minimum absolute atomic E-state index is 0.583. The second-order valence-corrected chi connectivity index (χ2v) is 7.77. The maximum absolute atomic E-state index is 3.82. The fourth-order valence-electron chi connectivity index (χ4n) is 3.58. The van der Waals surface area contributed by atoms with E-state index >= 15 is 0 Å². The lowest BCUT2D eigenvalue weighted by molar-refractivity contribution is 0.190. The van der Waals surface area contributed by atoms with Crippen molar-refractivity contribution in [1.29, 1.82) is 0 Å². The van der Waals surface area contributed by atoms with Crippen LogP contribution in [0.15, 0.2) is 0 Å². The van der Waals surface area contributed by atoms with Crippen LogP contribution in [0.25, 0.3) is 0 Å². The van der Waals surface area contributed by atoms with Gasteiger partial charge in [0.2, 0.25) is 0 Å². The van der Waals surface area contributed by atoms with Gasteiger partial charge in [0.25, 0.3) is 0 Å². The van der Waals surface area contributed by atoms with Crippen LogP contribution < -0.4 is 5.32 Å². The van der Waals surface area contributed by atoms with E-state index in [1.54, 1.807) is 0 Å². The maximum Gasteiger partial charge on any atom is 0.0107 e. The van der Waals surface area contributed by atoms with Crippen molar-refractivity contribution in [1.82, 2.24) is 10.2 Å². The van der Waals surface area contributed by atoms with Gasteiger partial charge in [0.15, 0.2) is 0 Å². The predicted octanol–water partition coefficient (Wildman–Crippen LogP) is 3.67. The average molecular weight is 266 g/mol. The van der Waals surface area contributed by atoms with Crippen molar-refractivity contribution < 1.29 is 0 Å². The summed E-state index contributed by atoms with van der Waals surface area (Å²) in [5, 5.41) is 3.82. The first-order valence-electron chi connectivity index (χ1n) is 8.51. The lowest BCUT2D eigenvalue weighted by atomic mass is 9.85. The zero-order valence-corrected chi connectivity index (χ0v) is 13.4. The first-order valence-corrected chi connectivity index (χ1v) is 8.51. The second-order valence-electron chi connectivity index (χ2n) is 7.77. The van der Waals surface area contributed by atoms with Gasteiger partial charge in [-0.05, 0) is 62.9 Å². The molecule has 0 spiro atoms. The van der Waals surface area contributed by atoms with E-state index in [0.29, 0.717) is 5.41 Å². The molecule has 2 aliphatic rings. The third-order valence-corrected chi connectivity index (χ3v) is 5.31. The second kappa shape index (κ2) is 7.08. The van der Waals surface area contributed by atoms with Crippen molar-refractivity contribution in [3.63, 3.8) is 0 Å². The number of piperidine rings is 1. The Labute approximate surface area is 120 Å². The summed E-state index contributed by atoms with van der Waals surface area (Å²) in [4.78, 5) is 2.65. The third-order valence-electron chi connectivity index (χ3n) is 5.31. The standard InChI is InChI=1S/C17H34N2/c1-15-7-12-19(13-8-15)14-11-18-16-5-4-9-17(2,3)10-6-16/h15-16,18H,4-14H2,1-3H3. The lowest BCUT2D eigenvalue weighted by Gasteiger charge is -2.30. The summed E-state index contributed by atoms with van der Waals surface area (Å²) in [5.74, 6) is 0.952. The number of likely N-dealkylation sites (tertiary alicyclic amines) is 1. The Morgan fingerprint density at radius 1 is 1.05 bits per heavy atom. The van der Waals surface area contributed by atoms with Crippen LogP contribution in [0.4, 0.5) is 0 Å². The minimum Gasteiger partial charge on any atom is -0.313 e. The van der Waals surface area contributed by atoms with Crippen molar-refractivity contribution >= 4 is 0 Å². The highest BCUT2D eigenvalue weighted by molar-refractivity contribution is 4.80. The van der Waals surface area contributed by atoms with Crippen molar-refractivity contribution in [3.05, 3.63) is 0 Å². The smallest absolute Gasteiger partial charge is 0.0107 e. The molecule has 0 aromatic carbocycles. The number of nitrogens with zero attached hydrogens (tertiary/aromatic N) is 1. The Bertz CT molecular complexity index is 254. The van der Waals surface area contributed by atoms with E-state index in [4.69, 9.17) is 0 Å². The van der Waals surface area contributed by atoms with Gasteiger partial charge in [0.1, 0.15) is 0 Å². The monoisotopic (exact) mass is 266 g/mol. The van der Waals surface area contributed by atoms with Gasteiger partial charge < -0.3 is 10.2 Å². The molecule has 2 fully saturated rings. The van der Waals surface area contributed by atoms with Crippen LogP contribution in [0.3, 0.4) is 0 Å². The van der Waals surface area contributed by atoms with E-state index < -0.39 is 0 Å². The molecule has 1 saturated heterocycles. The van der Waals surface area contributed by atoms with E-state index in [-0.39, 0.29) is 0 Å². The maximum atomic E-state index is 3.82. The average Bonchev–Trinajstić information content (AvgIpc) is 2.53. The topological polar surface area (TPSA) is 15.3 Å². The van der Waals surface area contributed by atoms with Crippen LogP contribution in [0.2, 0.25) is 0 Å². The van der Waals surface area contributed by atoms with Crippen LogP contribution in [0.5, 0.6) is 0 Å². The molecule has 1 heterocycles. The van der Waals surface area contributed by atoms with Gasteiger partial charge in [-0.1, -0.05) is 27.2 Å². The van der Waals surface area contributed by atoms with E-state index in [2.05, 4.69) is 31.0 Å². The largest absolute Gasteiger partial charge is 0.313 e. The molecule has 112 valence electrons. The molecule has 0 radical (unpaired) electrons. The summed E-state index contributed by atoms with van der Waals surface area (Å²) in [5.41, 5.74) is 0.583. The van der Waals surface area contributed by atoms with E-state index in [1.165, 1.54) is 71.1 Å². The Morgan fingerprint density at radius 2 is 1.79 bits per heavy atom. The first-order chi connectivity index (χ1) is 9.05. The Kier molecular flexibility index (Phi) is 5.70. The Balaban J connectivity index is 1.60. The molecular formula is C17H34N2. The SMILES string of the molecule is CC1CCN(CCNC2CCCC(C)(C)CC2)CC1. The van der Waals surface area contributed by atoms with Crippen molar-refractivity contribution in [2.75, 3.05) is 26.2 Å². The van der Waals surface area contributed by atoms with Gasteiger partial charge >= 0.3 is 0 Å². The van der Waals surface area contributed by atoms with Crippen molar-refractivity contribution in [2.24, 2.45) is 11.3 Å². The van der Waals surface area contributed by atoms with Crippen LogP contribution in [-0.2, 0) is 0 Å². The normalized spacial score (nSPS) is 30.2. The molecule has 2 rings (SSSR count). The molecule has 0 amide bonds. The van der Waals surface area contributed by atoms with Crippen LogP contribution in [0.1, 0.15) is 65.7 Å². The number of rotatable bonds is 4. The molecule has 0 aromatic heterocycles. The minimum atomic E-state index is 0.583. The molecule has 19 heavy (non-hydrogen) atoms. The highest BCUT2D eigenvalue weighted by Crippen LogP contribution is 2.33. The zero-order valence-electron chi connectivity index (χ0n) is 13.4. The summed E-state index contributed by atoms with van der Waals surface area (Å²) >= 11 is 0. The Morgan fingerprint density at radius 3 is 2.53 bits per heavy atom. The van der Waals surface area contributed by atoms with E-state index in [0.717, 1.165) is 12.0 Å². The van der Waals surface area contributed by atoms with Crippen LogP contribution >= 0.6 is 0 Å². The molecule has 1 atom stereocenters. The fraction of sp³-hybridized carbons (Fsp3) is 1.00. The molecule has 1 unspecified atom stereocenters. The van der Waals surface area contributed by atoms with Gasteiger partial charge in [-0.15, -0.1) is 0 Å². The summed E-state index contributed by atoms with van der Waals surface area (Å²) in [6, 6.07) is 0.783. The van der Waals surface area contributed by atoms with Gasteiger partial charge in [-0.3, -0.25) is 0 Å². The van der Waals surface area contributed by atoms with Gasteiger partial charge in [-0.2, -0.15) is 0 Å². The molecular weight excluding hydrogens is 232 g/mol. The molecule has 2 heteroatoms. The summed E-state index contributed by atoms with van der Waals surface area (Å²) in [6.45, 7) is 12.4. The summed E-state index contributed by atoms with van der Waals surface area (Å²) in [6.07, 6.45) is 9.78. The molecule has 1 aliphatic heterocycles. The molecule has 1 N–H and O–H groups in total. The quantitative estimate of drug-likeness (QED) is 0.781. The lowest BCUT2D eigenvalue weighted by Crippen LogP contribution is -2.40. The van der Waals surface area contributed by atoms with Crippen LogP contribution in [-0.4, -0.2) is 37.1 Å².